The second-order valence-corrected chi connectivity index (χ2v) is 3.68. The van der Waals surface area contributed by atoms with Gasteiger partial charge in [0, 0.05) is 6.92 Å². The smallest absolute Gasteiger partial charge is 0.331 e. The largest absolute Gasteiger partial charge is 0.479 e. The average Bonchev–Trinajstić information content (AvgIpc) is 2.42. The Bertz CT molecular complexity index is 323. The molecule has 11 nitrogen and oxygen atoms in total. The Balaban J connectivity index is 0. The van der Waals surface area contributed by atoms with Gasteiger partial charge in [0.25, 0.3) is 0 Å². The van der Waals surface area contributed by atoms with Gasteiger partial charge in [0.05, 0.1) is 0 Å². The topological polar surface area (TPSA) is 197 Å². The Morgan fingerprint density at radius 2 is 1.71 bits per heavy atom. The number of carbonyl (C=O) groups is 3. The molecule has 0 fully saturated rings. The van der Waals surface area contributed by atoms with Crippen LogP contribution in [-0.4, -0.2) is 81.4 Å². The van der Waals surface area contributed by atoms with E-state index in [1.165, 1.54) is 0 Å². The van der Waals surface area contributed by atoms with Gasteiger partial charge < -0.3 is 35.1 Å². The van der Waals surface area contributed by atoms with Crippen LogP contribution in [0.25, 0.3) is 0 Å². The molecule has 124 valence electrons. The van der Waals surface area contributed by atoms with Gasteiger partial charge in [-0.15, -0.1) is 0 Å². The van der Waals surface area contributed by atoms with Crippen molar-refractivity contribution in [2.24, 2.45) is 5.90 Å². The van der Waals surface area contributed by atoms with Gasteiger partial charge in [0.2, 0.25) is 0 Å². The normalized spacial score (nSPS) is 15.7. The fourth-order valence-electron chi connectivity index (χ4n) is 0.883. The summed E-state index contributed by atoms with van der Waals surface area (Å²) in [5.74, 6) is 2.63. The lowest BCUT2D eigenvalue weighted by atomic mass is 10.0. The quantitative estimate of drug-likeness (QED) is 0.146. The molecule has 0 amide bonds. The molecule has 0 radical (unpaired) electrons. The first-order chi connectivity index (χ1) is 9.67. The number of aldehydes is 1. The first-order valence-electron chi connectivity index (χ1n) is 5.51. The number of esters is 1. The standard InChI is InChI=1S/C8H14O7.C2H5NO3/c1-4(10)15-3-6(12)8(14)7(13)5(11)2-9;3-6-1-2(4)5/h2,5-8,11-14H,3H2,1H3;1,3H2,(H,4,5)/t5-,6+,7+,8+;/m0./s1. The van der Waals surface area contributed by atoms with E-state index in [1.54, 1.807) is 0 Å². The zero-order chi connectivity index (χ0) is 17.0. The highest BCUT2D eigenvalue weighted by molar-refractivity contribution is 5.67. The zero-order valence-corrected chi connectivity index (χ0v) is 11.2. The van der Waals surface area contributed by atoms with E-state index < -0.39 is 49.6 Å². The number of aliphatic hydroxyl groups is 4. The molecule has 0 aromatic carbocycles. The van der Waals surface area contributed by atoms with Gasteiger partial charge in [-0.25, -0.2) is 10.7 Å². The minimum atomic E-state index is -1.83. The number of hydrogen-bond donors (Lipinski definition) is 6. The number of carboxylic acids is 1. The van der Waals surface area contributed by atoms with Crippen LogP contribution >= 0.6 is 0 Å². The lowest BCUT2D eigenvalue weighted by molar-refractivity contribution is -0.154. The average molecular weight is 313 g/mol. The minimum Gasteiger partial charge on any atom is -0.479 e. The van der Waals surface area contributed by atoms with Gasteiger partial charge in [-0.3, -0.25) is 9.63 Å². The summed E-state index contributed by atoms with van der Waals surface area (Å²) < 4.78 is 4.36. The molecule has 0 aliphatic rings. The van der Waals surface area contributed by atoms with E-state index in [9.17, 15) is 19.5 Å². The lowest BCUT2D eigenvalue weighted by Crippen LogP contribution is -2.46. The monoisotopic (exact) mass is 313 g/mol. The summed E-state index contributed by atoms with van der Waals surface area (Å²) in [6.07, 6.45) is -6.95. The van der Waals surface area contributed by atoms with E-state index in [-0.39, 0.29) is 6.29 Å². The first kappa shape index (κ1) is 21.7. The van der Waals surface area contributed by atoms with Gasteiger partial charge in [-0.05, 0) is 0 Å². The summed E-state index contributed by atoms with van der Waals surface area (Å²) in [5, 5.41) is 44.0. The van der Waals surface area contributed by atoms with Gasteiger partial charge >= 0.3 is 11.9 Å². The summed E-state index contributed by atoms with van der Waals surface area (Å²) in [5.41, 5.74) is 0. The van der Waals surface area contributed by atoms with Crippen molar-refractivity contribution >= 4 is 18.2 Å². The van der Waals surface area contributed by atoms with Crippen molar-refractivity contribution in [2.75, 3.05) is 13.2 Å². The van der Waals surface area contributed by atoms with Crippen molar-refractivity contribution in [1.29, 1.82) is 0 Å². The molecule has 0 heterocycles. The SMILES string of the molecule is CC(=O)OC[C@@H](O)[C@@H](O)[C@H](O)[C@@H](O)C=O.NOCC(=O)O. The number of rotatable bonds is 8. The number of aliphatic carboxylic acids is 1. The minimum absolute atomic E-state index is 0.0203. The van der Waals surface area contributed by atoms with Crippen molar-refractivity contribution < 1.29 is 49.5 Å². The Labute approximate surface area is 119 Å². The van der Waals surface area contributed by atoms with E-state index in [2.05, 4.69) is 15.5 Å². The molecule has 0 saturated carbocycles. The molecule has 0 unspecified atom stereocenters. The van der Waals surface area contributed by atoms with E-state index in [0.717, 1.165) is 6.92 Å². The molecule has 4 atom stereocenters. The van der Waals surface area contributed by atoms with Crippen LogP contribution in [0.3, 0.4) is 0 Å². The van der Waals surface area contributed by atoms with E-state index in [4.69, 9.17) is 20.4 Å². The van der Waals surface area contributed by atoms with Crippen LogP contribution in [0, 0.1) is 0 Å². The molecule has 0 aromatic rings. The Kier molecular flexibility index (Phi) is 12.5. The maximum atomic E-state index is 10.3. The zero-order valence-electron chi connectivity index (χ0n) is 11.2. The van der Waals surface area contributed by atoms with Crippen LogP contribution < -0.4 is 5.90 Å². The molecule has 0 aromatic heterocycles. The molecule has 0 aliphatic heterocycles. The number of nitrogens with two attached hydrogens (primary N) is 1. The van der Waals surface area contributed by atoms with Crippen LogP contribution in [0.1, 0.15) is 6.92 Å². The Morgan fingerprint density at radius 1 is 1.19 bits per heavy atom. The molecular weight excluding hydrogens is 294 g/mol. The van der Waals surface area contributed by atoms with Crippen molar-refractivity contribution in [3.63, 3.8) is 0 Å². The van der Waals surface area contributed by atoms with E-state index in [0.29, 0.717) is 0 Å². The Hall–Kier alpha value is -1.63. The Morgan fingerprint density at radius 3 is 2.00 bits per heavy atom. The van der Waals surface area contributed by atoms with Crippen LogP contribution in [0.2, 0.25) is 0 Å². The molecule has 0 rings (SSSR count). The summed E-state index contributed by atoms with van der Waals surface area (Å²) >= 11 is 0. The highest BCUT2D eigenvalue weighted by atomic mass is 16.6. The van der Waals surface area contributed by atoms with Gasteiger partial charge in [-0.1, -0.05) is 0 Å². The van der Waals surface area contributed by atoms with E-state index in [1.807, 2.05) is 0 Å². The second kappa shape index (κ2) is 12.1. The number of carboxylic acid groups (broad SMARTS) is 1. The van der Waals surface area contributed by atoms with Crippen LogP contribution in [0.5, 0.6) is 0 Å². The third kappa shape index (κ3) is 11.9. The van der Waals surface area contributed by atoms with Gasteiger partial charge in [-0.2, -0.15) is 0 Å². The van der Waals surface area contributed by atoms with Crippen LogP contribution in [0.15, 0.2) is 0 Å². The lowest BCUT2D eigenvalue weighted by Gasteiger charge is -2.23. The van der Waals surface area contributed by atoms with Crippen molar-refractivity contribution in [3.05, 3.63) is 0 Å². The van der Waals surface area contributed by atoms with Crippen molar-refractivity contribution in [2.45, 2.75) is 31.3 Å². The number of ether oxygens (including phenoxy) is 1. The second-order valence-electron chi connectivity index (χ2n) is 3.68. The van der Waals surface area contributed by atoms with Crippen LogP contribution in [-0.2, 0) is 24.0 Å². The predicted octanol–water partition coefficient (Wildman–Crippen LogP) is -3.85. The third-order valence-electron chi connectivity index (χ3n) is 1.90. The molecule has 0 bridgehead atoms. The summed E-state index contributed by atoms with van der Waals surface area (Å²) in [6.45, 7) is 0.148. The molecule has 7 N–H and O–H groups in total. The third-order valence-corrected chi connectivity index (χ3v) is 1.90. The number of carbonyl (C=O) groups excluding carboxylic acids is 2. The number of hydrogen-bond acceptors (Lipinski definition) is 10. The maximum Gasteiger partial charge on any atom is 0.331 e. The van der Waals surface area contributed by atoms with E-state index >= 15 is 0 Å². The van der Waals surface area contributed by atoms with Crippen molar-refractivity contribution in [1.82, 2.24) is 0 Å². The van der Waals surface area contributed by atoms with Crippen LogP contribution in [0.4, 0.5) is 0 Å². The van der Waals surface area contributed by atoms with Gasteiger partial charge in [0.1, 0.15) is 31.0 Å². The molecule has 0 saturated heterocycles. The highest BCUT2D eigenvalue weighted by Gasteiger charge is 2.30. The summed E-state index contributed by atoms with van der Waals surface area (Å²) in [6, 6.07) is 0. The predicted molar refractivity (Wildman–Crippen MR) is 64.5 cm³/mol. The molecular formula is C10H19NO10. The molecule has 11 heteroatoms. The fourth-order valence-corrected chi connectivity index (χ4v) is 0.883. The molecule has 21 heavy (non-hydrogen) atoms. The van der Waals surface area contributed by atoms with Crippen molar-refractivity contribution in [3.8, 4) is 0 Å². The van der Waals surface area contributed by atoms with Gasteiger partial charge in [0.15, 0.2) is 12.9 Å². The summed E-state index contributed by atoms with van der Waals surface area (Å²) in [4.78, 5) is 33.5. The number of aliphatic hydroxyl groups excluding tert-OH is 4. The highest BCUT2D eigenvalue weighted by Crippen LogP contribution is 2.04. The summed E-state index contributed by atoms with van der Waals surface area (Å²) in [7, 11) is 0. The fraction of sp³-hybridized carbons (Fsp3) is 0.700. The first-order valence-corrected chi connectivity index (χ1v) is 5.51. The molecule has 0 aliphatic carbocycles. The maximum absolute atomic E-state index is 10.3. The molecule has 0 spiro atoms.